The number of hydrogen-bond acceptors (Lipinski definition) is 6. The molecular weight excluding hydrogens is 346 g/mol. The Balaban J connectivity index is 0.000000199. The number of carbonyl (C=O) groups is 1. The highest BCUT2D eigenvalue weighted by molar-refractivity contribution is 5.87. The van der Waals surface area contributed by atoms with Crippen LogP contribution in [0.4, 0.5) is 5.95 Å². The topological polar surface area (TPSA) is 137 Å². The van der Waals surface area contributed by atoms with Crippen molar-refractivity contribution in [3.8, 4) is 11.3 Å². The van der Waals surface area contributed by atoms with Crippen molar-refractivity contribution >= 4 is 11.9 Å². The van der Waals surface area contributed by atoms with E-state index in [1.165, 1.54) is 12.3 Å². The quantitative estimate of drug-likeness (QED) is 0.464. The molecule has 0 fully saturated rings. The van der Waals surface area contributed by atoms with Crippen molar-refractivity contribution < 1.29 is 15.0 Å². The molecule has 2 aromatic heterocycles. The number of aromatic nitrogens is 3. The van der Waals surface area contributed by atoms with E-state index in [2.05, 4.69) is 20.3 Å². The van der Waals surface area contributed by atoms with Crippen molar-refractivity contribution in [1.29, 1.82) is 0 Å². The Labute approximate surface area is 157 Å². The van der Waals surface area contributed by atoms with Crippen LogP contribution < -0.4 is 11.1 Å². The van der Waals surface area contributed by atoms with Gasteiger partial charge in [-0.2, -0.15) is 0 Å². The van der Waals surface area contributed by atoms with E-state index in [-0.39, 0.29) is 17.7 Å². The molecule has 1 aromatic carbocycles. The fraction of sp³-hybridized carbons (Fsp3) is 0.211. The van der Waals surface area contributed by atoms with Crippen molar-refractivity contribution in [2.24, 2.45) is 0 Å². The molecule has 0 saturated carbocycles. The Morgan fingerprint density at radius 2 is 1.96 bits per heavy atom. The van der Waals surface area contributed by atoms with E-state index in [4.69, 9.17) is 10.8 Å². The summed E-state index contributed by atoms with van der Waals surface area (Å²) in [5.41, 5.74) is 7.74. The molecule has 0 aliphatic carbocycles. The van der Waals surface area contributed by atoms with Gasteiger partial charge in [0.15, 0.2) is 0 Å². The second-order valence-electron chi connectivity index (χ2n) is 5.84. The Morgan fingerprint density at radius 3 is 2.52 bits per heavy atom. The van der Waals surface area contributed by atoms with Gasteiger partial charge in [0, 0.05) is 24.0 Å². The first-order valence-corrected chi connectivity index (χ1v) is 8.33. The second kappa shape index (κ2) is 9.46. The molecule has 3 aromatic rings. The molecule has 0 bridgehead atoms. The number of aliphatic hydroxyl groups is 1. The van der Waals surface area contributed by atoms with Gasteiger partial charge in [-0.25, -0.2) is 14.8 Å². The van der Waals surface area contributed by atoms with Gasteiger partial charge in [-0.05, 0) is 31.7 Å². The number of likely N-dealkylation sites (N-methyl/N-ethyl adjacent to an activating group) is 1. The smallest absolute Gasteiger partial charge is 0.352 e. The van der Waals surface area contributed by atoms with Crippen molar-refractivity contribution in [3.05, 3.63) is 66.1 Å². The third-order valence-electron chi connectivity index (χ3n) is 3.95. The van der Waals surface area contributed by atoms with Crippen molar-refractivity contribution in [3.63, 3.8) is 0 Å². The first-order valence-electron chi connectivity index (χ1n) is 8.33. The minimum absolute atomic E-state index is 0.0902. The highest BCUT2D eigenvalue weighted by Crippen LogP contribution is 2.18. The van der Waals surface area contributed by atoms with E-state index < -0.39 is 12.1 Å². The van der Waals surface area contributed by atoms with E-state index in [1.807, 2.05) is 44.3 Å². The van der Waals surface area contributed by atoms with Crippen LogP contribution in [0.15, 0.2) is 54.9 Å². The number of nitrogens with zero attached hydrogens (tertiary/aromatic N) is 2. The SMILES string of the molecule is CNC(C)C(O)c1ccccc1.Nc1nccc(-c2c[nH]c(C(=O)O)c2)n1. The van der Waals surface area contributed by atoms with Gasteiger partial charge in [-0.1, -0.05) is 30.3 Å². The zero-order chi connectivity index (χ0) is 19.8. The van der Waals surface area contributed by atoms with Gasteiger partial charge < -0.3 is 26.2 Å². The Hall–Kier alpha value is -3.23. The van der Waals surface area contributed by atoms with E-state index in [0.29, 0.717) is 11.3 Å². The molecule has 142 valence electrons. The lowest BCUT2D eigenvalue weighted by atomic mass is 10.0. The van der Waals surface area contributed by atoms with E-state index in [0.717, 1.165) is 5.56 Å². The highest BCUT2D eigenvalue weighted by Gasteiger charge is 2.13. The van der Waals surface area contributed by atoms with Crippen LogP contribution in [-0.2, 0) is 0 Å². The largest absolute Gasteiger partial charge is 0.477 e. The number of rotatable bonds is 5. The number of aromatic amines is 1. The lowest BCUT2D eigenvalue weighted by molar-refractivity contribution is 0.0691. The lowest BCUT2D eigenvalue weighted by Gasteiger charge is -2.17. The normalized spacial score (nSPS) is 12.6. The van der Waals surface area contributed by atoms with Gasteiger partial charge in [-0.15, -0.1) is 0 Å². The summed E-state index contributed by atoms with van der Waals surface area (Å²) in [4.78, 5) is 21.0. The summed E-state index contributed by atoms with van der Waals surface area (Å²) in [5.74, 6) is -0.853. The van der Waals surface area contributed by atoms with E-state index in [9.17, 15) is 9.90 Å². The number of nitrogen functional groups attached to an aromatic ring is 1. The average molecular weight is 369 g/mol. The highest BCUT2D eigenvalue weighted by atomic mass is 16.4. The zero-order valence-electron chi connectivity index (χ0n) is 15.1. The van der Waals surface area contributed by atoms with Gasteiger partial charge in [0.1, 0.15) is 5.69 Å². The predicted octanol–water partition coefficient (Wildman–Crippen LogP) is 2.08. The van der Waals surface area contributed by atoms with Crippen LogP contribution in [0.1, 0.15) is 29.1 Å². The summed E-state index contributed by atoms with van der Waals surface area (Å²) in [7, 11) is 1.84. The molecular formula is C19H23N5O3. The molecule has 8 heteroatoms. The van der Waals surface area contributed by atoms with E-state index >= 15 is 0 Å². The molecule has 0 amide bonds. The van der Waals surface area contributed by atoms with Crippen LogP contribution in [-0.4, -0.2) is 44.2 Å². The van der Waals surface area contributed by atoms with Gasteiger partial charge in [0.25, 0.3) is 0 Å². The number of hydrogen-bond donors (Lipinski definition) is 5. The fourth-order valence-electron chi connectivity index (χ4n) is 2.30. The maximum Gasteiger partial charge on any atom is 0.352 e. The predicted molar refractivity (Wildman–Crippen MR) is 103 cm³/mol. The fourth-order valence-corrected chi connectivity index (χ4v) is 2.30. The maximum atomic E-state index is 10.6. The number of nitrogens with one attached hydrogen (secondary N) is 2. The number of benzene rings is 1. The third kappa shape index (κ3) is 5.63. The van der Waals surface area contributed by atoms with Crippen LogP contribution in [0.2, 0.25) is 0 Å². The molecule has 2 unspecified atom stereocenters. The van der Waals surface area contributed by atoms with Crippen molar-refractivity contribution in [2.45, 2.75) is 19.1 Å². The number of H-pyrrole nitrogens is 1. The minimum atomic E-state index is -1.01. The van der Waals surface area contributed by atoms with Crippen LogP contribution in [0.5, 0.6) is 0 Å². The molecule has 0 aliphatic rings. The zero-order valence-corrected chi connectivity index (χ0v) is 15.1. The molecule has 2 atom stereocenters. The maximum absolute atomic E-state index is 10.6. The monoisotopic (exact) mass is 369 g/mol. The van der Waals surface area contributed by atoms with Gasteiger partial charge in [0.05, 0.1) is 11.8 Å². The number of aliphatic hydroxyl groups excluding tert-OH is 1. The van der Waals surface area contributed by atoms with Crippen molar-refractivity contribution in [1.82, 2.24) is 20.3 Å². The van der Waals surface area contributed by atoms with E-state index in [1.54, 1.807) is 12.3 Å². The first kappa shape index (κ1) is 20.1. The first-order chi connectivity index (χ1) is 12.9. The van der Waals surface area contributed by atoms with Gasteiger partial charge in [-0.3, -0.25) is 0 Å². The second-order valence-corrected chi connectivity index (χ2v) is 5.84. The number of carboxylic acid groups (broad SMARTS) is 1. The molecule has 2 heterocycles. The number of anilines is 1. The Kier molecular flexibility index (Phi) is 7.04. The van der Waals surface area contributed by atoms with Crippen LogP contribution in [0.3, 0.4) is 0 Å². The molecule has 8 nitrogen and oxygen atoms in total. The Bertz CT molecular complexity index is 867. The summed E-state index contributed by atoms with van der Waals surface area (Å²) in [5, 5.41) is 21.5. The summed E-state index contributed by atoms with van der Waals surface area (Å²) in [6, 6.07) is 12.9. The third-order valence-corrected chi connectivity index (χ3v) is 3.95. The van der Waals surface area contributed by atoms with Crippen LogP contribution in [0.25, 0.3) is 11.3 Å². The Morgan fingerprint density at radius 1 is 1.26 bits per heavy atom. The molecule has 27 heavy (non-hydrogen) atoms. The van der Waals surface area contributed by atoms with Crippen LogP contribution >= 0.6 is 0 Å². The molecule has 0 saturated heterocycles. The van der Waals surface area contributed by atoms with Gasteiger partial charge >= 0.3 is 5.97 Å². The molecule has 0 aliphatic heterocycles. The number of nitrogens with two attached hydrogens (primary N) is 1. The molecule has 3 rings (SSSR count). The minimum Gasteiger partial charge on any atom is -0.477 e. The summed E-state index contributed by atoms with van der Waals surface area (Å²) in [6.45, 7) is 1.96. The molecule has 6 N–H and O–H groups in total. The van der Waals surface area contributed by atoms with Crippen molar-refractivity contribution in [2.75, 3.05) is 12.8 Å². The molecule has 0 spiro atoms. The standard InChI is InChI=1S/C10H15NO.C9H8N4O2/c1-8(11-2)10(12)9-6-4-3-5-7-9;10-9-11-2-1-6(13-9)5-3-7(8(14)15)12-4-5/h3-8,10-12H,1-2H3;1-4,12H,(H,14,15)(H2,10,11,13). The number of aromatic carboxylic acids is 1. The summed E-state index contributed by atoms with van der Waals surface area (Å²) < 4.78 is 0. The summed E-state index contributed by atoms with van der Waals surface area (Å²) >= 11 is 0. The molecule has 0 radical (unpaired) electrons. The van der Waals surface area contributed by atoms with Crippen LogP contribution in [0, 0.1) is 0 Å². The lowest BCUT2D eigenvalue weighted by Crippen LogP contribution is -2.28. The average Bonchev–Trinajstić information content (AvgIpc) is 3.19. The van der Waals surface area contributed by atoms with Gasteiger partial charge in [0.2, 0.25) is 5.95 Å². The number of carboxylic acids is 1. The summed E-state index contributed by atoms with van der Waals surface area (Å²) in [6.07, 6.45) is 2.66.